The fourth-order valence-corrected chi connectivity index (χ4v) is 6.17. The molecule has 0 saturated heterocycles. The first-order valence-electron chi connectivity index (χ1n) is 11.2. The maximum Gasteiger partial charge on any atom is 0.269 e. The maximum atomic E-state index is 12.5. The van der Waals surface area contributed by atoms with Crippen LogP contribution in [0.15, 0.2) is 55.7 Å². The van der Waals surface area contributed by atoms with Crippen molar-refractivity contribution in [1.29, 1.82) is 0 Å². The van der Waals surface area contributed by atoms with E-state index < -0.39 is 11.8 Å². The summed E-state index contributed by atoms with van der Waals surface area (Å²) in [6.45, 7) is 4.53. The lowest BCUT2D eigenvalue weighted by molar-refractivity contribution is -0.115. The monoisotopic (exact) mass is 690 g/mol. The van der Waals surface area contributed by atoms with Gasteiger partial charge in [-0.3, -0.25) is 9.59 Å². The SMILES string of the molecule is CC(C)(CNC(=O)/C(Cc1ccc(O)c(Br)c1)=N/O)SSCCNC(=O)/C(Cc1ccc(O)c(Br)c1)=N/O. The molecular weight excluding hydrogens is 664 g/mol. The van der Waals surface area contributed by atoms with E-state index in [1.165, 1.54) is 33.7 Å². The number of carbonyl (C=O) groups is 2. The summed E-state index contributed by atoms with van der Waals surface area (Å²) < 4.78 is 0.588. The van der Waals surface area contributed by atoms with Crippen LogP contribution in [-0.2, 0) is 22.4 Å². The van der Waals surface area contributed by atoms with Crippen molar-refractivity contribution in [3.63, 3.8) is 0 Å². The molecular formula is C24H28Br2N4O6S2. The first kappa shape index (κ1) is 31.8. The van der Waals surface area contributed by atoms with Crippen LogP contribution in [0.25, 0.3) is 0 Å². The molecule has 14 heteroatoms. The van der Waals surface area contributed by atoms with Gasteiger partial charge in [-0.15, -0.1) is 0 Å². The van der Waals surface area contributed by atoms with Gasteiger partial charge in [0.2, 0.25) is 0 Å². The van der Waals surface area contributed by atoms with E-state index in [1.807, 2.05) is 13.8 Å². The summed E-state index contributed by atoms with van der Waals surface area (Å²) in [4.78, 5) is 24.9. The number of aromatic hydroxyl groups is 2. The zero-order valence-corrected chi connectivity index (χ0v) is 25.4. The molecule has 206 valence electrons. The minimum atomic E-state index is -0.501. The molecule has 0 unspecified atom stereocenters. The predicted octanol–water partition coefficient (Wildman–Crippen LogP) is 4.46. The minimum Gasteiger partial charge on any atom is -0.507 e. The second-order valence-corrected chi connectivity index (χ2v) is 13.5. The fourth-order valence-electron chi connectivity index (χ4n) is 2.96. The average Bonchev–Trinajstić information content (AvgIpc) is 2.88. The Balaban J connectivity index is 1.73. The summed E-state index contributed by atoms with van der Waals surface area (Å²) >= 11 is 6.43. The Hall–Kier alpha value is -2.42. The predicted molar refractivity (Wildman–Crippen MR) is 158 cm³/mol. The van der Waals surface area contributed by atoms with E-state index in [1.54, 1.807) is 24.3 Å². The lowest BCUT2D eigenvalue weighted by Crippen LogP contribution is -2.40. The van der Waals surface area contributed by atoms with E-state index in [2.05, 4.69) is 52.8 Å². The third-order valence-electron chi connectivity index (χ3n) is 4.96. The number of nitrogens with one attached hydrogen (secondary N) is 2. The third-order valence-corrected chi connectivity index (χ3v) is 9.52. The smallest absolute Gasteiger partial charge is 0.269 e. The van der Waals surface area contributed by atoms with Crippen LogP contribution >= 0.6 is 53.4 Å². The van der Waals surface area contributed by atoms with E-state index in [9.17, 15) is 30.2 Å². The van der Waals surface area contributed by atoms with Crippen LogP contribution in [0, 0.1) is 0 Å². The van der Waals surface area contributed by atoms with E-state index in [4.69, 9.17) is 0 Å². The first-order chi connectivity index (χ1) is 18.0. The summed E-state index contributed by atoms with van der Waals surface area (Å²) in [5.41, 5.74) is 1.27. The van der Waals surface area contributed by atoms with Crippen molar-refractivity contribution in [1.82, 2.24) is 10.6 Å². The van der Waals surface area contributed by atoms with Crippen molar-refractivity contribution < 1.29 is 30.2 Å². The van der Waals surface area contributed by atoms with E-state index in [0.717, 1.165) is 0 Å². The Morgan fingerprint density at radius 2 is 1.34 bits per heavy atom. The number of amides is 2. The number of rotatable bonds is 13. The number of benzene rings is 2. The van der Waals surface area contributed by atoms with E-state index in [-0.39, 0.29) is 40.5 Å². The van der Waals surface area contributed by atoms with E-state index in [0.29, 0.717) is 38.9 Å². The van der Waals surface area contributed by atoms with Crippen LogP contribution in [0.2, 0.25) is 0 Å². The molecule has 0 heterocycles. The number of phenolic OH excluding ortho intramolecular Hbond substituents is 2. The number of carbonyl (C=O) groups excluding carboxylic acids is 2. The quantitative estimate of drug-likeness (QED) is 0.0590. The zero-order valence-electron chi connectivity index (χ0n) is 20.6. The zero-order chi connectivity index (χ0) is 28.3. The molecule has 0 radical (unpaired) electrons. The number of hydrogen-bond donors (Lipinski definition) is 6. The van der Waals surface area contributed by atoms with Crippen LogP contribution in [-0.4, -0.2) is 67.5 Å². The van der Waals surface area contributed by atoms with Gasteiger partial charge in [0, 0.05) is 36.4 Å². The molecule has 0 bridgehead atoms. The highest BCUT2D eigenvalue weighted by molar-refractivity contribution is 9.11. The maximum absolute atomic E-state index is 12.5. The van der Waals surface area contributed by atoms with Crippen LogP contribution < -0.4 is 10.6 Å². The van der Waals surface area contributed by atoms with Crippen LogP contribution in [0.1, 0.15) is 25.0 Å². The lowest BCUT2D eigenvalue weighted by atomic mass is 10.1. The van der Waals surface area contributed by atoms with Crippen molar-refractivity contribution in [2.75, 3.05) is 18.8 Å². The highest BCUT2D eigenvalue weighted by Gasteiger charge is 2.22. The molecule has 6 N–H and O–H groups in total. The summed E-state index contributed by atoms with van der Waals surface area (Å²) in [5.74, 6) is -0.288. The van der Waals surface area contributed by atoms with Gasteiger partial charge in [0.1, 0.15) is 22.9 Å². The molecule has 0 atom stereocenters. The molecule has 0 aromatic heterocycles. The molecule has 2 aromatic rings. The standard InChI is InChI=1S/C24H28Br2N4O6S2/c1-24(2,13-28-23(34)19(30-36)12-15-4-6-21(32)17(26)10-15)38-37-8-7-27-22(33)18(29-35)11-14-3-5-20(31)16(25)9-14/h3-6,9-10,31-32,35-36H,7-8,11-13H2,1-2H3,(H,27,33)(H,28,34)/b29-18+,30-19+. The highest BCUT2D eigenvalue weighted by Crippen LogP contribution is 2.34. The van der Waals surface area contributed by atoms with Crippen molar-refractivity contribution in [2.45, 2.75) is 31.4 Å². The van der Waals surface area contributed by atoms with Crippen molar-refractivity contribution in [3.05, 3.63) is 56.5 Å². The van der Waals surface area contributed by atoms with Crippen molar-refractivity contribution in [3.8, 4) is 11.5 Å². The fraction of sp³-hybridized carbons (Fsp3) is 0.333. The van der Waals surface area contributed by atoms with Gasteiger partial charge in [-0.25, -0.2) is 0 Å². The highest BCUT2D eigenvalue weighted by atomic mass is 79.9. The van der Waals surface area contributed by atoms with Crippen molar-refractivity contribution >= 4 is 76.7 Å². The van der Waals surface area contributed by atoms with E-state index >= 15 is 0 Å². The molecule has 0 spiro atoms. The Morgan fingerprint density at radius 1 is 0.868 bits per heavy atom. The Labute approximate surface area is 245 Å². The summed E-state index contributed by atoms with van der Waals surface area (Å²) in [7, 11) is 3.03. The van der Waals surface area contributed by atoms with Gasteiger partial charge in [0.25, 0.3) is 11.8 Å². The Morgan fingerprint density at radius 3 is 1.79 bits per heavy atom. The molecule has 38 heavy (non-hydrogen) atoms. The number of nitrogens with zero attached hydrogens (tertiary/aromatic N) is 2. The molecule has 0 aliphatic carbocycles. The largest absolute Gasteiger partial charge is 0.507 e. The van der Waals surface area contributed by atoms with Gasteiger partial charge < -0.3 is 31.3 Å². The summed E-state index contributed by atoms with van der Waals surface area (Å²) in [5, 5.41) is 49.4. The van der Waals surface area contributed by atoms with Gasteiger partial charge in [0.15, 0.2) is 0 Å². The second-order valence-electron chi connectivity index (χ2n) is 8.62. The topological polar surface area (TPSA) is 164 Å². The Bertz CT molecular complexity index is 1210. The van der Waals surface area contributed by atoms with Crippen LogP contribution in [0.5, 0.6) is 11.5 Å². The normalized spacial score (nSPS) is 12.3. The molecule has 0 fully saturated rings. The van der Waals surface area contributed by atoms with Gasteiger partial charge >= 0.3 is 0 Å². The molecule has 0 aliphatic heterocycles. The van der Waals surface area contributed by atoms with Gasteiger partial charge in [-0.05, 0) is 81.1 Å². The van der Waals surface area contributed by atoms with Crippen molar-refractivity contribution in [2.24, 2.45) is 10.3 Å². The molecule has 2 rings (SSSR count). The summed E-state index contributed by atoms with van der Waals surface area (Å²) in [6.07, 6.45) is 0.186. The van der Waals surface area contributed by atoms with Crippen LogP contribution in [0.3, 0.4) is 0 Å². The van der Waals surface area contributed by atoms with Gasteiger partial charge in [-0.1, -0.05) is 44.0 Å². The number of phenols is 2. The number of halogens is 2. The molecule has 0 aliphatic rings. The van der Waals surface area contributed by atoms with Crippen LogP contribution in [0.4, 0.5) is 0 Å². The average molecular weight is 692 g/mol. The lowest BCUT2D eigenvalue weighted by Gasteiger charge is -2.23. The molecule has 2 amide bonds. The number of oxime groups is 2. The van der Waals surface area contributed by atoms with Gasteiger partial charge in [-0.2, -0.15) is 0 Å². The Kier molecular flexibility index (Phi) is 12.8. The second kappa shape index (κ2) is 15.2. The molecule has 2 aromatic carbocycles. The molecule has 0 saturated carbocycles. The number of hydrogen-bond acceptors (Lipinski definition) is 10. The van der Waals surface area contributed by atoms with Gasteiger partial charge in [0.05, 0.1) is 8.95 Å². The third kappa shape index (κ3) is 10.4. The first-order valence-corrected chi connectivity index (χ1v) is 15.1. The summed E-state index contributed by atoms with van der Waals surface area (Å²) in [6, 6.07) is 9.52. The molecule has 10 nitrogen and oxygen atoms in total. The minimum absolute atomic E-state index is 0.0516.